The Morgan fingerprint density at radius 3 is 2.46 bits per heavy atom. The molecule has 1 aromatic carbocycles. The largest absolute Gasteiger partial charge is 0.494 e. The average Bonchev–Trinajstić information content (AvgIpc) is 2.15. The molecule has 0 N–H and O–H groups in total. The van der Waals surface area contributed by atoms with Crippen LogP contribution in [0.2, 0.25) is 0 Å². The minimum Gasteiger partial charge on any atom is -0.494 e. The smallest absolute Gasteiger partial charge is 0.163 e. The van der Waals surface area contributed by atoms with Crippen LogP contribution in [0.3, 0.4) is 0 Å². The summed E-state index contributed by atoms with van der Waals surface area (Å²) in [6.45, 7) is 6.08. The highest BCUT2D eigenvalue weighted by Gasteiger charge is 1.98. The van der Waals surface area contributed by atoms with Crippen LogP contribution in [0.1, 0.15) is 23.7 Å². The highest BCUT2D eigenvalue weighted by atomic mass is 16.5. The van der Waals surface area contributed by atoms with Gasteiger partial charge in [-0.25, -0.2) is 0 Å². The fraction of sp³-hybridized carbons (Fsp3) is 0.273. The van der Waals surface area contributed by atoms with Gasteiger partial charge in [0.15, 0.2) is 5.78 Å². The number of rotatable bonds is 4. The van der Waals surface area contributed by atoms with Crippen LogP contribution in [-0.2, 0) is 0 Å². The zero-order chi connectivity index (χ0) is 9.68. The van der Waals surface area contributed by atoms with E-state index in [0.717, 1.165) is 12.2 Å². The van der Waals surface area contributed by atoms with Gasteiger partial charge in [-0.1, -0.05) is 6.92 Å². The molecule has 1 radical (unpaired) electrons. The Bertz CT molecular complexity index is 275. The van der Waals surface area contributed by atoms with Gasteiger partial charge >= 0.3 is 0 Å². The van der Waals surface area contributed by atoms with Crippen LogP contribution in [0.25, 0.3) is 0 Å². The first-order chi connectivity index (χ1) is 6.24. The van der Waals surface area contributed by atoms with E-state index in [2.05, 4.69) is 6.92 Å². The van der Waals surface area contributed by atoms with Crippen molar-refractivity contribution in [1.82, 2.24) is 0 Å². The van der Waals surface area contributed by atoms with Crippen LogP contribution in [0.4, 0.5) is 0 Å². The zero-order valence-electron chi connectivity index (χ0n) is 7.75. The van der Waals surface area contributed by atoms with Gasteiger partial charge in [0.25, 0.3) is 0 Å². The summed E-state index contributed by atoms with van der Waals surface area (Å²) >= 11 is 0. The lowest BCUT2D eigenvalue weighted by molar-refractivity contribution is 0.104. The SMILES string of the molecule is [CH2]C(=O)c1ccc(OCCC)cc1. The van der Waals surface area contributed by atoms with Crippen molar-refractivity contribution in [3.63, 3.8) is 0 Å². The van der Waals surface area contributed by atoms with E-state index in [-0.39, 0.29) is 5.78 Å². The second-order valence-electron chi connectivity index (χ2n) is 2.80. The predicted molar refractivity (Wildman–Crippen MR) is 51.9 cm³/mol. The van der Waals surface area contributed by atoms with E-state index in [1.807, 2.05) is 6.92 Å². The summed E-state index contributed by atoms with van der Waals surface area (Å²) in [5.41, 5.74) is 0.615. The summed E-state index contributed by atoms with van der Waals surface area (Å²) in [6, 6.07) is 7.02. The van der Waals surface area contributed by atoms with Gasteiger partial charge < -0.3 is 4.74 Å². The molecule has 13 heavy (non-hydrogen) atoms. The summed E-state index contributed by atoms with van der Waals surface area (Å²) in [5.74, 6) is 0.633. The Morgan fingerprint density at radius 1 is 1.38 bits per heavy atom. The third-order valence-corrected chi connectivity index (χ3v) is 1.65. The first-order valence-electron chi connectivity index (χ1n) is 4.33. The fourth-order valence-corrected chi connectivity index (χ4v) is 0.957. The van der Waals surface area contributed by atoms with E-state index in [4.69, 9.17) is 4.74 Å². The van der Waals surface area contributed by atoms with E-state index < -0.39 is 0 Å². The lowest BCUT2D eigenvalue weighted by atomic mass is 10.1. The van der Waals surface area contributed by atoms with Gasteiger partial charge in [0, 0.05) is 12.5 Å². The molecule has 0 bridgehead atoms. The number of hydrogen-bond donors (Lipinski definition) is 0. The minimum atomic E-state index is -0.165. The van der Waals surface area contributed by atoms with Gasteiger partial charge in [0.2, 0.25) is 0 Å². The maximum Gasteiger partial charge on any atom is 0.163 e. The number of carbonyl (C=O) groups excluding carboxylic acids is 1. The average molecular weight is 177 g/mol. The summed E-state index contributed by atoms with van der Waals surface area (Å²) in [5, 5.41) is 0. The van der Waals surface area contributed by atoms with Crippen molar-refractivity contribution in [1.29, 1.82) is 0 Å². The maximum absolute atomic E-state index is 10.8. The first kappa shape index (κ1) is 9.78. The molecule has 0 aliphatic carbocycles. The molecule has 0 amide bonds. The molecule has 0 heterocycles. The molecule has 0 aliphatic rings. The number of ketones is 1. The van der Waals surface area contributed by atoms with Crippen molar-refractivity contribution < 1.29 is 9.53 Å². The Labute approximate surface area is 78.5 Å². The number of hydrogen-bond acceptors (Lipinski definition) is 2. The molecular formula is C11H13O2. The molecule has 0 atom stereocenters. The van der Waals surface area contributed by atoms with Gasteiger partial charge in [-0.05, 0) is 30.7 Å². The number of ether oxygens (including phenoxy) is 1. The molecule has 0 fully saturated rings. The summed E-state index contributed by atoms with van der Waals surface area (Å²) in [6.07, 6.45) is 0.982. The lowest BCUT2D eigenvalue weighted by Gasteiger charge is -2.03. The van der Waals surface area contributed by atoms with Crippen LogP contribution < -0.4 is 4.74 Å². The first-order valence-corrected chi connectivity index (χ1v) is 4.33. The predicted octanol–water partition coefficient (Wildman–Crippen LogP) is 2.49. The van der Waals surface area contributed by atoms with Crippen LogP contribution in [0, 0.1) is 6.92 Å². The highest BCUT2D eigenvalue weighted by molar-refractivity contribution is 5.99. The van der Waals surface area contributed by atoms with E-state index in [1.54, 1.807) is 24.3 Å². The Hall–Kier alpha value is -1.31. The Balaban J connectivity index is 2.64. The van der Waals surface area contributed by atoms with Crippen molar-refractivity contribution >= 4 is 5.78 Å². The number of carbonyl (C=O) groups is 1. The van der Waals surface area contributed by atoms with Crippen LogP contribution >= 0.6 is 0 Å². The van der Waals surface area contributed by atoms with Crippen LogP contribution in [0.5, 0.6) is 5.75 Å². The minimum absolute atomic E-state index is 0.165. The van der Waals surface area contributed by atoms with Crippen molar-refractivity contribution in [3.8, 4) is 5.75 Å². The standard InChI is InChI=1S/C11H13O2/c1-3-8-13-11-6-4-10(5-7-11)9(2)12/h4-7H,2-3,8H2,1H3. The molecule has 0 aromatic heterocycles. The zero-order valence-corrected chi connectivity index (χ0v) is 7.75. The molecule has 2 heteroatoms. The molecule has 69 valence electrons. The van der Waals surface area contributed by atoms with Crippen LogP contribution in [-0.4, -0.2) is 12.4 Å². The molecule has 0 unspecified atom stereocenters. The van der Waals surface area contributed by atoms with Gasteiger partial charge in [-0.15, -0.1) is 0 Å². The van der Waals surface area contributed by atoms with Crippen molar-refractivity contribution in [2.45, 2.75) is 13.3 Å². The molecule has 0 aliphatic heterocycles. The maximum atomic E-state index is 10.8. The third kappa shape index (κ3) is 2.90. The van der Waals surface area contributed by atoms with Crippen LogP contribution in [0.15, 0.2) is 24.3 Å². The molecule has 1 aromatic rings. The number of benzene rings is 1. The van der Waals surface area contributed by atoms with Gasteiger partial charge in [0.1, 0.15) is 5.75 Å². The van der Waals surface area contributed by atoms with Crippen molar-refractivity contribution in [3.05, 3.63) is 36.8 Å². The van der Waals surface area contributed by atoms with Crippen molar-refractivity contribution in [2.75, 3.05) is 6.61 Å². The second kappa shape index (κ2) is 4.65. The molecular weight excluding hydrogens is 164 g/mol. The van der Waals surface area contributed by atoms with E-state index in [1.165, 1.54) is 0 Å². The summed E-state index contributed by atoms with van der Waals surface area (Å²) in [7, 11) is 0. The van der Waals surface area contributed by atoms with Gasteiger partial charge in [-0.2, -0.15) is 0 Å². The Kier molecular flexibility index (Phi) is 3.50. The molecule has 0 saturated heterocycles. The van der Waals surface area contributed by atoms with E-state index in [0.29, 0.717) is 12.2 Å². The van der Waals surface area contributed by atoms with E-state index >= 15 is 0 Å². The molecule has 0 saturated carbocycles. The Morgan fingerprint density at radius 2 is 2.00 bits per heavy atom. The van der Waals surface area contributed by atoms with Crippen molar-refractivity contribution in [2.24, 2.45) is 0 Å². The van der Waals surface area contributed by atoms with Gasteiger partial charge in [-0.3, -0.25) is 4.79 Å². The lowest BCUT2D eigenvalue weighted by Crippen LogP contribution is -1.96. The van der Waals surface area contributed by atoms with E-state index in [9.17, 15) is 4.79 Å². The number of Topliss-reactive ketones (excluding diaryl/α,β-unsaturated/α-hetero) is 1. The second-order valence-corrected chi connectivity index (χ2v) is 2.80. The monoisotopic (exact) mass is 177 g/mol. The topological polar surface area (TPSA) is 26.3 Å². The summed E-state index contributed by atoms with van der Waals surface area (Å²) < 4.78 is 5.36. The normalized spacial score (nSPS) is 9.69. The quantitative estimate of drug-likeness (QED) is 0.660. The fourth-order valence-electron chi connectivity index (χ4n) is 0.957. The molecule has 0 spiro atoms. The highest BCUT2D eigenvalue weighted by Crippen LogP contribution is 2.12. The summed E-state index contributed by atoms with van der Waals surface area (Å²) in [4.78, 5) is 10.8. The molecule has 2 nitrogen and oxygen atoms in total. The van der Waals surface area contributed by atoms with Gasteiger partial charge in [0.05, 0.1) is 6.61 Å². The molecule has 1 rings (SSSR count). The third-order valence-electron chi connectivity index (χ3n) is 1.65.